The molecule has 0 bridgehead atoms. The van der Waals surface area contributed by atoms with Crippen molar-refractivity contribution < 1.29 is 0 Å². The second kappa shape index (κ2) is 5.33. The molecule has 15 heavy (non-hydrogen) atoms. The van der Waals surface area contributed by atoms with Gasteiger partial charge in [-0.25, -0.2) is 0 Å². The van der Waals surface area contributed by atoms with Gasteiger partial charge in [0.1, 0.15) is 0 Å². The molecule has 0 radical (unpaired) electrons. The Hall–Kier alpha value is -0.800. The van der Waals surface area contributed by atoms with E-state index in [1.165, 1.54) is 0 Å². The lowest BCUT2D eigenvalue weighted by Crippen LogP contribution is -2.43. The first-order chi connectivity index (χ1) is 7.05. The lowest BCUT2D eigenvalue weighted by molar-refractivity contribution is 0.415. The number of aromatic nitrogens is 1. The van der Waals surface area contributed by atoms with E-state index >= 15 is 0 Å². The van der Waals surface area contributed by atoms with Gasteiger partial charge in [-0.3, -0.25) is 4.79 Å². The van der Waals surface area contributed by atoms with Crippen LogP contribution in [0.25, 0.3) is 0 Å². The van der Waals surface area contributed by atoms with Crippen molar-refractivity contribution >= 4 is 11.6 Å². The van der Waals surface area contributed by atoms with E-state index in [1.807, 2.05) is 19.9 Å². The third-order valence-electron chi connectivity index (χ3n) is 2.19. The van der Waals surface area contributed by atoms with E-state index in [9.17, 15) is 4.79 Å². The van der Waals surface area contributed by atoms with Crippen LogP contribution in [0.15, 0.2) is 29.2 Å². The summed E-state index contributed by atoms with van der Waals surface area (Å²) in [6.07, 6.45) is 1.79. The summed E-state index contributed by atoms with van der Waals surface area (Å²) in [7, 11) is 0. The van der Waals surface area contributed by atoms with Crippen molar-refractivity contribution in [1.29, 1.82) is 0 Å². The highest BCUT2D eigenvalue weighted by Crippen LogP contribution is 2.03. The number of rotatable bonds is 5. The van der Waals surface area contributed by atoms with E-state index in [0.29, 0.717) is 12.4 Å². The number of nitrogens with one attached hydrogen (secondary N) is 1. The van der Waals surface area contributed by atoms with Crippen LogP contribution in [0.2, 0.25) is 0 Å². The predicted octanol–water partition coefficient (Wildman–Crippen LogP) is 1.46. The Labute approximate surface area is 95.1 Å². The van der Waals surface area contributed by atoms with Gasteiger partial charge in [0.15, 0.2) is 0 Å². The average molecular weight is 229 g/mol. The summed E-state index contributed by atoms with van der Waals surface area (Å²) in [4.78, 5) is 11.4. The molecule has 0 atom stereocenters. The highest BCUT2D eigenvalue weighted by molar-refractivity contribution is 6.18. The molecule has 1 N–H and O–H groups in total. The van der Waals surface area contributed by atoms with Crippen LogP contribution in [0.1, 0.15) is 13.8 Å². The van der Waals surface area contributed by atoms with Crippen LogP contribution >= 0.6 is 11.6 Å². The van der Waals surface area contributed by atoms with Crippen LogP contribution in [-0.2, 0) is 6.54 Å². The Morgan fingerprint density at radius 2 is 2.20 bits per heavy atom. The zero-order chi connectivity index (χ0) is 11.3. The number of pyridine rings is 1. The van der Waals surface area contributed by atoms with E-state index in [-0.39, 0.29) is 11.1 Å². The van der Waals surface area contributed by atoms with E-state index in [1.54, 1.807) is 22.9 Å². The van der Waals surface area contributed by atoms with Gasteiger partial charge < -0.3 is 9.88 Å². The van der Waals surface area contributed by atoms with Crippen molar-refractivity contribution in [3.8, 4) is 0 Å². The van der Waals surface area contributed by atoms with Crippen LogP contribution < -0.4 is 10.9 Å². The molecule has 1 rings (SSSR count). The Bertz CT molecular complexity index is 360. The molecule has 0 aliphatic carbocycles. The molecule has 0 aromatic carbocycles. The van der Waals surface area contributed by atoms with Crippen LogP contribution in [0.5, 0.6) is 0 Å². The molecular weight excluding hydrogens is 212 g/mol. The minimum atomic E-state index is -0.0834. The van der Waals surface area contributed by atoms with Gasteiger partial charge in [0.05, 0.1) is 0 Å². The third-order valence-corrected chi connectivity index (χ3v) is 2.86. The molecule has 0 spiro atoms. The van der Waals surface area contributed by atoms with Gasteiger partial charge in [-0.2, -0.15) is 0 Å². The van der Waals surface area contributed by atoms with Gasteiger partial charge in [0.25, 0.3) is 5.56 Å². The maximum absolute atomic E-state index is 11.4. The molecule has 0 aliphatic rings. The van der Waals surface area contributed by atoms with Crippen molar-refractivity contribution in [3.63, 3.8) is 0 Å². The molecule has 0 amide bonds. The Morgan fingerprint density at radius 1 is 1.47 bits per heavy atom. The Kier molecular flexibility index (Phi) is 4.36. The summed E-state index contributed by atoms with van der Waals surface area (Å²) in [5.74, 6) is 0.552. The molecule has 1 aromatic rings. The van der Waals surface area contributed by atoms with Crippen molar-refractivity contribution in [3.05, 3.63) is 34.7 Å². The van der Waals surface area contributed by atoms with Crippen molar-refractivity contribution in [2.75, 3.05) is 12.4 Å². The zero-order valence-electron chi connectivity index (χ0n) is 9.16. The molecule has 0 fully saturated rings. The number of alkyl halides is 1. The van der Waals surface area contributed by atoms with E-state index in [4.69, 9.17) is 11.6 Å². The fourth-order valence-electron chi connectivity index (χ4n) is 1.21. The highest BCUT2D eigenvalue weighted by atomic mass is 35.5. The topological polar surface area (TPSA) is 34.0 Å². The number of hydrogen-bond acceptors (Lipinski definition) is 2. The Balaban J connectivity index is 2.45. The molecular formula is C11H17ClN2O. The predicted molar refractivity (Wildman–Crippen MR) is 63.5 cm³/mol. The maximum atomic E-state index is 11.4. The molecule has 4 heteroatoms. The lowest BCUT2D eigenvalue weighted by Gasteiger charge is -2.23. The monoisotopic (exact) mass is 228 g/mol. The summed E-state index contributed by atoms with van der Waals surface area (Å²) in [6, 6.07) is 5.16. The first-order valence-electron chi connectivity index (χ1n) is 5.02. The molecule has 0 unspecified atom stereocenters. The smallest absolute Gasteiger partial charge is 0.250 e. The summed E-state index contributed by atoms with van der Waals surface area (Å²) < 4.78 is 1.68. The van der Waals surface area contributed by atoms with Crippen molar-refractivity contribution in [2.24, 2.45) is 0 Å². The molecule has 0 aliphatic heterocycles. The van der Waals surface area contributed by atoms with E-state index in [2.05, 4.69) is 5.32 Å². The van der Waals surface area contributed by atoms with Crippen molar-refractivity contribution in [1.82, 2.24) is 9.88 Å². The van der Waals surface area contributed by atoms with Crippen LogP contribution in [0.4, 0.5) is 0 Å². The fraction of sp³-hybridized carbons (Fsp3) is 0.545. The highest BCUT2D eigenvalue weighted by Gasteiger charge is 2.14. The Morgan fingerprint density at radius 3 is 2.80 bits per heavy atom. The summed E-state index contributed by atoms with van der Waals surface area (Å²) in [5, 5.41) is 3.29. The van der Waals surface area contributed by atoms with Gasteiger partial charge in [0, 0.05) is 36.8 Å². The normalized spacial score (nSPS) is 11.7. The molecule has 0 saturated carbocycles. The summed E-state index contributed by atoms with van der Waals surface area (Å²) in [6.45, 7) is 5.48. The van der Waals surface area contributed by atoms with Crippen LogP contribution in [0.3, 0.4) is 0 Å². The minimum absolute atomic E-state index is 0.0305. The van der Waals surface area contributed by atoms with E-state index in [0.717, 1.165) is 6.54 Å². The average Bonchev–Trinajstić information content (AvgIpc) is 2.21. The number of hydrogen-bond donors (Lipinski definition) is 1. The largest absolute Gasteiger partial charge is 0.314 e. The van der Waals surface area contributed by atoms with Crippen LogP contribution in [-0.4, -0.2) is 22.5 Å². The van der Waals surface area contributed by atoms with Crippen LogP contribution in [0, 0.1) is 0 Å². The standard InChI is InChI=1S/C11H17ClN2O/c1-11(2,9-12)13-6-8-14-7-4-3-5-10(14)15/h3-5,7,13H,6,8-9H2,1-2H3. The quantitative estimate of drug-likeness (QED) is 0.775. The third kappa shape index (κ3) is 4.06. The van der Waals surface area contributed by atoms with Gasteiger partial charge in [0.2, 0.25) is 0 Å². The molecule has 84 valence electrons. The summed E-state index contributed by atoms with van der Waals surface area (Å²) in [5.41, 5.74) is -0.0529. The molecule has 0 saturated heterocycles. The first kappa shape index (κ1) is 12.3. The zero-order valence-corrected chi connectivity index (χ0v) is 9.92. The summed E-state index contributed by atoms with van der Waals surface area (Å²) >= 11 is 5.78. The number of nitrogens with zero attached hydrogens (tertiary/aromatic N) is 1. The fourth-order valence-corrected chi connectivity index (χ4v) is 1.30. The lowest BCUT2D eigenvalue weighted by atomic mass is 10.1. The van der Waals surface area contributed by atoms with Gasteiger partial charge in [-0.15, -0.1) is 11.6 Å². The molecule has 3 nitrogen and oxygen atoms in total. The second-order valence-corrected chi connectivity index (χ2v) is 4.44. The molecule has 1 aromatic heterocycles. The number of halogens is 1. The van der Waals surface area contributed by atoms with Gasteiger partial charge in [-0.1, -0.05) is 6.07 Å². The second-order valence-electron chi connectivity index (χ2n) is 4.18. The first-order valence-corrected chi connectivity index (χ1v) is 5.55. The SMILES string of the molecule is CC(C)(CCl)NCCn1ccccc1=O. The molecule has 1 heterocycles. The van der Waals surface area contributed by atoms with Gasteiger partial charge in [-0.05, 0) is 19.9 Å². The van der Waals surface area contributed by atoms with Gasteiger partial charge >= 0.3 is 0 Å². The maximum Gasteiger partial charge on any atom is 0.250 e. The van der Waals surface area contributed by atoms with E-state index < -0.39 is 0 Å². The minimum Gasteiger partial charge on any atom is -0.314 e. The van der Waals surface area contributed by atoms with Crippen molar-refractivity contribution in [2.45, 2.75) is 25.9 Å².